The number of amides is 1. The first-order valence-electron chi connectivity index (χ1n) is 10.2. The zero-order valence-electron chi connectivity index (χ0n) is 17.5. The van der Waals surface area contributed by atoms with Gasteiger partial charge >= 0.3 is 0 Å². The predicted octanol–water partition coefficient (Wildman–Crippen LogP) is 4.71. The predicted molar refractivity (Wildman–Crippen MR) is 124 cm³/mol. The first kappa shape index (κ1) is 21.0. The second-order valence-electron chi connectivity index (χ2n) is 7.26. The second kappa shape index (κ2) is 9.26. The van der Waals surface area contributed by atoms with Crippen molar-refractivity contribution in [3.8, 4) is 0 Å². The van der Waals surface area contributed by atoms with Crippen LogP contribution in [0.4, 0.5) is 5.69 Å². The Morgan fingerprint density at radius 1 is 1.06 bits per heavy atom. The van der Waals surface area contributed by atoms with Gasteiger partial charge < -0.3 is 9.88 Å². The monoisotopic (exact) mass is 433 g/mol. The highest BCUT2D eigenvalue weighted by Crippen LogP contribution is 2.27. The summed E-state index contributed by atoms with van der Waals surface area (Å²) in [6.07, 6.45) is 2.14. The van der Waals surface area contributed by atoms with Gasteiger partial charge in [-0.25, -0.2) is 4.98 Å². The van der Waals surface area contributed by atoms with E-state index in [1.165, 1.54) is 18.7 Å². The minimum Gasteiger partial charge on any atom is -0.326 e. The number of unbranched alkanes of at least 4 members (excludes halogenated alkanes) is 1. The SMILES string of the molecule is CCCCn1c2ccccc2c2nnc(SCC(=O)c3ccc(NC(C)=O)cc3)nc21. The zero-order chi connectivity index (χ0) is 21.8. The van der Waals surface area contributed by atoms with Crippen LogP contribution in [0.1, 0.15) is 37.0 Å². The third kappa shape index (κ3) is 4.59. The van der Waals surface area contributed by atoms with Gasteiger partial charge in [-0.15, -0.1) is 10.2 Å². The molecule has 8 heteroatoms. The number of aryl methyl sites for hydroxylation is 1. The Morgan fingerprint density at radius 2 is 1.84 bits per heavy atom. The first-order valence-corrected chi connectivity index (χ1v) is 11.2. The summed E-state index contributed by atoms with van der Waals surface area (Å²) < 4.78 is 2.19. The fourth-order valence-corrected chi connectivity index (χ4v) is 4.13. The molecule has 0 atom stereocenters. The molecule has 0 aliphatic rings. The molecule has 1 N–H and O–H groups in total. The van der Waals surface area contributed by atoms with Crippen LogP contribution in [-0.4, -0.2) is 37.2 Å². The average Bonchev–Trinajstić information content (AvgIpc) is 3.09. The van der Waals surface area contributed by atoms with E-state index in [0.29, 0.717) is 16.4 Å². The van der Waals surface area contributed by atoms with Gasteiger partial charge in [-0.3, -0.25) is 9.59 Å². The Labute approximate surface area is 184 Å². The Hall–Kier alpha value is -3.26. The van der Waals surface area contributed by atoms with Crippen molar-refractivity contribution in [1.82, 2.24) is 19.7 Å². The molecule has 0 aliphatic heterocycles. The number of carbonyl (C=O) groups is 2. The molecule has 0 saturated carbocycles. The number of benzene rings is 2. The smallest absolute Gasteiger partial charge is 0.221 e. The zero-order valence-corrected chi connectivity index (χ0v) is 18.3. The van der Waals surface area contributed by atoms with E-state index >= 15 is 0 Å². The van der Waals surface area contributed by atoms with E-state index < -0.39 is 0 Å². The molecule has 2 aromatic carbocycles. The number of carbonyl (C=O) groups excluding carboxylic acids is 2. The molecule has 31 heavy (non-hydrogen) atoms. The summed E-state index contributed by atoms with van der Waals surface area (Å²) in [5.41, 5.74) is 3.93. The number of fused-ring (bicyclic) bond motifs is 3. The lowest BCUT2D eigenvalue weighted by molar-refractivity contribution is -0.114. The number of ketones is 1. The summed E-state index contributed by atoms with van der Waals surface area (Å²) in [4.78, 5) is 28.4. The van der Waals surface area contributed by atoms with Gasteiger partial charge in [0.15, 0.2) is 11.4 Å². The third-order valence-electron chi connectivity index (χ3n) is 4.95. The normalized spacial score (nSPS) is 11.2. The number of nitrogens with zero attached hydrogens (tertiary/aromatic N) is 4. The summed E-state index contributed by atoms with van der Waals surface area (Å²) in [7, 11) is 0. The number of hydrogen-bond donors (Lipinski definition) is 1. The van der Waals surface area contributed by atoms with Crippen LogP contribution in [0.2, 0.25) is 0 Å². The summed E-state index contributed by atoms with van der Waals surface area (Å²) in [5.74, 6) is 0.0302. The molecule has 1 amide bonds. The second-order valence-corrected chi connectivity index (χ2v) is 8.20. The Kier molecular flexibility index (Phi) is 6.27. The highest BCUT2D eigenvalue weighted by Gasteiger charge is 2.15. The number of thioether (sulfide) groups is 1. The number of nitrogens with one attached hydrogen (secondary N) is 1. The van der Waals surface area contributed by atoms with E-state index in [1.54, 1.807) is 24.3 Å². The van der Waals surface area contributed by atoms with Crippen LogP contribution in [0.25, 0.3) is 22.1 Å². The van der Waals surface area contributed by atoms with E-state index in [2.05, 4.69) is 33.1 Å². The van der Waals surface area contributed by atoms with Crippen LogP contribution in [0.15, 0.2) is 53.7 Å². The number of para-hydroxylation sites is 1. The van der Waals surface area contributed by atoms with Crippen molar-refractivity contribution in [3.05, 3.63) is 54.1 Å². The molecule has 0 radical (unpaired) electrons. The van der Waals surface area contributed by atoms with Crippen molar-refractivity contribution in [2.75, 3.05) is 11.1 Å². The molecule has 2 aromatic heterocycles. The first-order chi connectivity index (χ1) is 15.1. The van der Waals surface area contributed by atoms with Crippen LogP contribution < -0.4 is 5.32 Å². The maximum Gasteiger partial charge on any atom is 0.221 e. The van der Waals surface area contributed by atoms with E-state index in [4.69, 9.17) is 4.98 Å². The summed E-state index contributed by atoms with van der Waals surface area (Å²) in [6.45, 7) is 4.47. The van der Waals surface area contributed by atoms with Crippen molar-refractivity contribution < 1.29 is 9.59 Å². The van der Waals surface area contributed by atoms with Crippen LogP contribution in [0.5, 0.6) is 0 Å². The summed E-state index contributed by atoms with van der Waals surface area (Å²) >= 11 is 1.28. The molecular weight excluding hydrogens is 410 g/mol. The summed E-state index contributed by atoms with van der Waals surface area (Å²) in [6, 6.07) is 15.0. The molecule has 0 spiro atoms. The molecule has 158 valence electrons. The molecule has 0 fully saturated rings. The number of aromatic nitrogens is 4. The molecule has 2 heterocycles. The van der Waals surface area contributed by atoms with Gasteiger partial charge in [-0.1, -0.05) is 43.3 Å². The molecule has 0 saturated heterocycles. The third-order valence-corrected chi connectivity index (χ3v) is 5.79. The Bertz CT molecular complexity index is 1250. The summed E-state index contributed by atoms with van der Waals surface area (Å²) in [5, 5.41) is 12.9. The molecule has 0 bridgehead atoms. The van der Waals surface area contributed by atoms with E-state index in [0.717, 1.165) is 41.5 Å². The van der Waals surface area contributed by atoms with Gasteiger partial charge in [0.25, 0.3) is 0 Å². The number of Topliss-reactive ketones (excluding diaryl/α,β-unsaturated/α-hetero) is 1. The van der Waals surface area contributed by atoms with Crippen molar-refractivity contribution in [3.63, 3.8) is 0 Å². The maximum absolute atomic E-state index is 12.6. The number of rotatable bonds is 8. The van der Waals surface area contributed by atoms with Gasteiger partial charge in [0, 0.05) is 30.1 Å². The quantitative estimate of drug-likeness (QED) is 0.320. The van der Waals surface area contributed by atoms with Gasteiger partial charge in [-0.05, 0) is 36.8 Å². The van der Waals surface area contributed by atoms with Gasteiger partial charge in [0.2, 0.25) is 11.1 Å². The highest BCUT2D eigenvalue weighted by atomic mass is 32.2. The van der Waals surface area contributed by atoms with Gasteiger partial charge in [-0.2, -0.15) is 0 Å². The average molecular weight is 434 g/mol. The topological polar surface area (TPSA) is 89.8 Å². The fraction of sp³-hybridized carbons (Fsp3) is 0.261. The van der Waals surface area contributed by atoms with Gasteiger partial charge in [0.1, 0.15) is 5.52 Å². The van der Waals surface area contributed by atoms with Crippen LogP contribution in [0.3, 0.4) is 0 Å². The van der Waals surface area contributed by atoms with Crippen molar-refractivity contribution in [2.45, 2.75) is 38.4 Å². The van der Waals surface area contributed by atoms with Crippen molar-refractivity contribution >= 4 is 51.2 Å². The number of hydrogen-bond acceptors (Lipinski definition) is 6. The van der Waals surface area contributed by atoms with Gasteiger partial charge in [0.05, 0.1) is 11.3 Å². The van der Waals surface area contributed by atoms with E-state index in [1.807, 2.05) is 18.2 Å². The molecular formula is C23H23N5O2S. The van der Waals surface area contributed by atoms with E-state index in [9.17, 15) is 9.59 Å². The molecule has 7 nitrogen and oxygen atoms in total. The lowest BCUT2D eigenvalue weighted by atomic mass is 10.1. The highest BCUT2D eigenvalue weighted by molar-refractivity contribution is 7.99. The minimum atomic E-state index is -0.147. The largest absolute Gasteiger partial charge is 0.326 e. The lowest BCUT2D eigenvalue weighted by Crippen LogP contribution is -2.07. The standard InChI is InChI=1S/C23H23N5O2S/c1-3-4-13-28-19-8-6-5-7-18(19)21-22(28)25-23(27-26-21)31-14-20(30)16-9-11-17(12-10-16)24-15(2)29/h5-12H,3-4,13-14H2,1-2H3,(H,24,29). The van der Waals surface area contributed by atoms with Crippen LogP contribution >= 0.6 is 11.8 Å². The van der Waals surface area contributed by atoms with Crippen molar-refractivity contribution in [2.24, 2.45) is 0 Å². The van der Waals surface area contributed by atoms with E-state index in [-0.39, 0.29) is 17.4 Å². The van der Waals surface area contributed by atoms with Crippen LogP contribution in [-0.2, 0) is 11.3 Å². The number of anilines is 1. The fourth-order valence-electron chi connectivity index (χ4n) is 3.45. The Morgan fingerprint density at radius 3 is 2.58 bits per heavy atom. The Balaban J connectivity index is 1.54. The van der Waals surface area contributed by atoms with Crippen LogP contribution in [0, 0.1) is 0 Å². The lowest BCUT2D eigenvalue weighted by Gasteiger charge is -2.06. The minimum absolute atomic E-state index is 0.0328. The molecule has 4 aromatic rings. The maximum atomic E-state index is 12.6. The van der Waals surface area contributed by atoms with Crippen molar-refractivity contribution in [1.29, 1.82) is 0 Å². The molecule has 0 unspecified atom stereocenters. The molecule has 4 rings (SSSR count). The molecule has 0 aliphatic carbocycles.